The molecule has 0 saturated carbocycles. The monoisotopic (exact) mass is 643 g/mol. The number of methoxy groups -OCH3 is 1. The smallest absolute Gasteiger partial charge is 0.493 e. The molecule has 4 rings (SSSR count). The quantitative estimate of drug-likeness (QED) is 0.166. The zero-order valence-electron chi connectivity index (χ0n) is 23.9. The summed E-state index contributed by atoms with van der Waals surface area (Å²) in [6, 6.07) is 12.7. The van der Waals surface area contributed by atoms with E-state index in [1.165, 1.54) is 19.2 Å². The average molecular weight is 644 g/mol. The van der Waals surface area contributed by atoms with E-state index in [0.717, 1.165) is 16.5 Å². The minimum absolute atomic E-state index is 0.0601. The first-order chi connectivity index (χ1) is 20.0. The fraction of sp³-hybridized carbons (Fsp3) is 0.407. The van der Waals surface area contributed by atoms with Gasteiger partial charge in [-0.2, -0.15) is 21.6 Å². The second-order valence-corrected chi connectivity index (χ2v) is 18.4. The Bertz CT molecular complexity index is 1530. The van der Waals surface area contributed by atoms with E-state index in [9.17, 15) is 31.2 Å². The van der Waals surface area contributed by atoms with Gasteiger partial charge in [-0.25, -0.2) is 0 Å². The van der Waals surface area contributed by atoms with Crippen molar-refractivity contribution in [2.75, 3.05) is 25.3 Å². The van der Waals surface area contributed by atoms with Crippen molar-refractivity contribution in [2.24, 2.45) is 5.73 Å². The average Bonchev–Trinajstić information content (AvgIpc) is 3.24. The lowest BCUT2D eigenvalue weighted by Gasteiger charge is -2.33. The summed E-state index contributed by atoms with van der Waals surface area (Å²) in [6.45, 7) is 6.47. The van der Waals surface area contributed by atoms with Crippen LogP contribution in [0.15, 0.2) is 54.4 Å². The SMILES string of the molecule is COc1cc2c(cc1OCc1ccccc1)N(COCC[Si](C)(C)C)C(=O)[C@]1(N)CC(OS(=O)(=O)C(F)(F)F)=CN1C2=O. The maximum absolute atomic E-state index is 14.0. The lowest BCUT2D eigenvalue weighted by atomic mass is 10.1. The molecule has 0 saturated heterocycles. The van der Waals surface area contributed by atoms with Crippen LogP contribution in [-0.2, 0) is 30.4 Å². The molecule has 0 spiro atoms. The largest absolute Gasteiger partial charge is 0.534 e. The number of fused-ring (bicyclic) bond motifs is 2. The van der Waals surface area contributed by atoms with Gasteiger partial charge in [0.2, 0.25) is 0 Å². The third-order valence-electron chi connectivity index (χ3n) is 6.74. The van der Waals surface area contributed by atoms with Crippen LogP contribution >= 0.6 is 0 Å². The van der Waals surface area contributed by atoms with Crippen LogP contribution in [-0.4, -0.2) is 64.8 Å². The van der Waals surface area contributed by atoms with E-state index in [-0.39, 0.29) is 42.7 Å². The molecule has 2 N–H and O–H groups in total. The number of carbonyl (C=O) groups excluding carboxylic acids is 2. The van der Waals surface area contributed by atoms with E-state index in [2.05, 4.69) is 23.8 Å². The van der Waals surface area contributed by atoms with Crippen molar-refractivity contribution in [3.05, 3.63) is 65.6 Å². The molecule has 2 aromatic carbocycles. The molecule has 11 nitrogen and oxygen atoms in total. The van der Waals surface area contributed by atoms with Crippen molar-refractivity contribution in [1.82, 2.24) is 4.90 Å². The second kappa shape index (κ2) is 11.8. The normalized spacial score (nSPS) is 19.0. The van der Waals surface area contributed by atoms with Crippen molar-refractivity contribution in [2.45, 2.75) is 49.9 Å². The Hall–Kier alpha value is -3.60. The van der Waals surface area contributed by atoms with Gasteiger partial charge in [0, 0.05) is 26.9 Å². The maximum atomic E-state index is 14.0. The Morgan fingerprint density at radius 2 is 1.74 bits per heavy atom. The van der Waals surface area contributed by atoms with Gasteiger partial charge in [-0.15, -0.1) is 0 Å². The standard InChI is InChI=1S/C27H32F3N3O8SSi/c1-38-22-12-20-21(13-23(22)40-16-18-8-6-5-7-9-18)32(17-39-10-11-43(2,3)4)25(35)26(31)14-19(15-33(26)24(20)34)41-42(36,37)27(28,29)30/h5-9,12-13,15H,10-11,14,16-17,31H2,1-4H3/t26-/m0/s1. The van der Waals surface area contributed by atoms with Gasteiger partial charge >= 0.3 is 15.6 Å². The van der Waals surface area contributed by atoms with Gasteiger partial charge in [0.15, 0.2) is 17.2 Å². The van der Waals surface area contributed by atoms with Crippen LogP contribution in [0.3, 0.4) is 0 Å². The number of hydrogen-bond donors (Lipinski definition) is 1. The highest BCUT2D eigenvalue weighted by molar-refractivity contribution is 7.87. The third-order valence-corrected chi connectivity index (χ3v) is 9.44. The molecule has 2 aliphatic heterocycles. The van der Waals surface area contributed by atoms with E-state index in [0.29, 0.717) is 11.1 Å². The van der Waals surface area contributed by atoms with Gasteiger partial charge in [0.05, 0.1) is 24.8 Å². The molecule has 0 radical (unpaired) electrons. The van der Waals surface area contributed by atoms with E-state index < -0.39 is 53.4 Å². The zero-order chi connectivity index (χ0) is 31.8. The molecule has 0 aromatic heterocycles. The summed E-state index contributed by atoms with van der Waals surface area (Å²) in [6.07, 6.45) is -0.157. The van der Waals surface area contributed by atoms with Crippen LogP contribution in [0.4, 0.5) is 18.9 Å². The predicted octanol–water partition coefficient (Wildman–Crippen LogP) is 4.14. The van der Waals surface area contributed by atoms with Gasteiger partial charge in [-0.1, -0.05) is 50.0 Å². The molecular formula is C27H32F3N3O8SSi. The topological polar surface area (TPSA) is 138 Å². The molecule has 234 valence electrons. The van der Waals surface area contributed by atoms with Gasteiger partial charge in [0.25, 0.3) is 11.8 Å². The van der Waals surface area contributed by atoms with Gasteiger partial charge in [-0.05, 0) is 17.7 Å². The molecule has 1 atom stereocenters. The number of benzene rings is 2. The number of carbonyl (C=O) groups is 2. The molecule has 16 heteroatoms. The van der Waals surface area contributed by atoms with Gasteiger partial charge in [-0.3, -0.25) is 25.1 Å². The summed E-state index contributed by atoms with van der Waals surface area (Å²) in [4.78, 5) is 29.6. The second-order valence-electron chi connectivity index (χ2n) is 11.2. The Morgan fingerprint density at radius 1 is 1.07 bits per heavy atom. The Labute approximate surface area is 248 Å². The number of alkyl halides is 3. The molecule has 2 aromatic rings. The predicted molar refractivity (Wildman–Crippen MR) is 152 cm³/mol. The highest BCUT2D eigenvalue weighted by Crippen LogP contribution is 2.43. The van der Waals surface area contributed by atoms with Crippen LogP contribution in [0.2, 0.25) is 25.7 Å². The van der Waals surface area contributed by atoms with Crippen molar-refractivity contribution in [3.63, 3.8) is 0 Å². The number of anilines is 1. The number of ether oxygens (including phenoxy) is 3. The molecule has 0 aliphatic carbocycles. The molecule has 2 heterocycles. The molecule has 2 amide bonds. The molecular weight excluding hydrogens is 611 g/mol. The first-order valence-electron chi connectivity index (χ1n) is 13.1. The Balaban J connectivity index is 1.76. The van der Waals surface area contributed by atoms with Crippen molar-refractivity contribution < 1.29 is 49.6 Å². The van der Waals surface area contributed by atoms with Crippen molar-refractivity contribution in [1.29, 1.82) is 0 Å². The molecule has 0 bridgehead atoms. The Morgan fingerprint density at radius 3 is 2.35 bits per heavy atom. The van der Waals surface area contributed by atoms with Crippen LogP contribution in [0.5, 0.6) is 11.5 Å². The summed E-state index contributed by atoms with van der Waals surface area (Å²) in [5.74, 6) is -2.36. The van der Waals surface area contributed by atoms with E-state index in [4.69, 9.17) is 19.9 Å². The summed E-state index contributed by atoms with van der Waals surface area (Å²) >= 11 is 0. The highest BCUT2D eigenvalue weighted by Gasteiger charge is 2.56. The fourth-order valence-electron chi connectivity index (χ4n) is 4.40. The van der Waals surface area contributed by atoms with Gasteiger partial charge in [0.1, 0.15) is 19.1 Å². The lowest BCUT2D eigenvalue weighted by Crippen LogP contribution is -2.62. The molecule has 0 fully saturated rings. The number of amides is 2. The van der Waals surface area contributed by atoms with Crippen LogP contribution in [0.25, 0.3) is 0 Å². The number of halogens is 3. The van der Waals surface area contributed by atoms with Crippen LogP contribution in [0.1, 0.15) is 22.3 Å². The number of nitrogens with zero attached hydrogens (tertiary/aromatic N) is 2. The minimum atomic E-state index is -6.09. The highest BCUT2D eigenvalue weighted by atomic mass is 32.2. The molecule has 2 aliphatic rings. The molecule has 43 heavy (non-hydrogen) atoms. The molecule has 0 unspecified atom stereocenters. The Kier molecular flexibility index (Phi) is 8.88. The lowest BCUT2D eigenvalue weighted by molar-refractivity contribution is -0.128. The number of nitrogens with two attached hydrogens (primary N) is 1. The zero-order valence-corrected chi connectivity index (χ0v) is 25.8. The van der Waals surface area contributed by atoms with Crippen LogP contribution in [0, 0.1) is 0 Å². The number of hydrogen-bond acceptors (Lipinski definition) is 9. The van der Waals surface area contributed by atoms with E-state index in [1.807, 2.05) is 30.3 Å². The summed E-state index contributed by atoms with van der Waals surface area (Å²) in [5, 5.41) is 0. The minimum Gasteiger partial charge on any atom is -0.493 e. The summed E-state index contributed by atoms with van der Waals surface area (Å²) in [7, 11) is -6.27. The fourth-order valence-corrected chi connectivity index (χ4v) is 5.63. The first kappa shape index (κ1) is 32.3. The van der Waals surface area contributed by atoms with Gasteiger partial charge < -0.3 is 18.4 Å². The van der Waals surface area contributed by atoms with Crippen molar-refractivity contribution in [3.8, 4) is 11.5 Å². The third kappa shape index (κ3) is 6.81. The maximum Gasteiger partial charge on any atom is 0.534 e. The summed E-state index contributed by atoms with van der Waals surface area (Å²) in [5.41, 5.74) is -0.886. The van der Waals surface area contributed by atoms with Crippen molar-refractivity contribution >= 4 is 35.7 Å². The number of rotatable bonds is 11. The first-order valence-corrected chi connectivity index (χ1v) is 18.2. The van der Waals surface area contributed by atoms with Crippen LogP contribution < -0.4 is 20.1 Å². The van der Waals surface area contributed by atoms with E-state index in [1.54, 1.807) is 0 Å². The van der Waals surface area contributed by atoms with E-state index >= 15 is 0 Å². The summed E-state index contributed by atoms with van der Waals surface area (Å²) < 4.78 is 83.9.